The molecule has 0 aromatic heterocycles. The van der Waals surface area contributed by atoms with E-state index < -0.39 is 0 Å². The molecule has 0 amide bonds. The van der Waals surface area contributed by atoms with Gasteiger partial charge in [-0.3, -0.25) is 0 Å². The SMILES string of the molecule is C/C(=C\C[C@H]1CC=CC1(C)C)CO. The zero-order valence-electron chi connectivity index (χ0n) is 8.88. The van der Waals surface area contributed by atoms with E-state index in [1.807, 2.05) is 6.92 Å². The summed E-state index contributed by atoms with van der Waals surface area (Å²) in [4.78, 5) is 0. The smallest absolute Gasteiger partial charge is 0.0639 e. The van der Waals surface area contributed by atoms with Crippen LogP contribution in [0.15, 0.2) is 23.8 Å². The van der Waals surface area contributed by atoms with Crippen molar-refractivity contribution >= 4 is 0 Å². The van der Waals surface area contributed by atoms with Crippen LogP contribution in [0, 0.1) is 11.3 Å². The third kappa shape index (κ3) is 2.70. The van der Waals surface area contributed by atoms with E-state index in [1.54, 1.807) is 0 Å². The van der Waals surface area contributed by atoms with E-state index in [-0.39, 0.29) is 6.61 Å². The average Bonchev–Trinajstić information content (AvgIpc) is 2.41. The molecule has 1 atom stereocenters. The normalized spacial score (nSPS) is 26.8. The Hall–Kier alpha value is -0.560. The molecule has 1 N–H and O–H groups in total. The van der Waals surface area contributed by atoms with Gasteiger partial charge in [0, 0.05) is 0 Å². The molecular weight excluding hydrogens is 160 g/mol. The van der Waals surface area contributed by atoms with Crippen molar-refractivity contribution in [2.24, 2.45) is 11.3 Å². The summed E-state index contributed by atoms with van der Waals surface area (Å²) in [7, 11) is 0. The molecule has 1 aliphatic rings. The second kappa shape index (κ2) is 4.10. The van der Waals surface area contributed by atoms with Crippen molar-refractivity contribution in [2.45, 2.75) is 33.6 Å². The Balaban J connectivity index is 2.48. The van der Waals surface area contributed by atoms with Gasteiger partial charge in [-0.1, -0.05) is 37.6 Å². The molecule has 13 heavy (non-hydrogen) atoms. The largest absolute Gasteiger partial charge is 0.392 e. The van der Waals surface area contributed by atoms with Crippen LogP contribution in [0.5, 0.6) is 0 Å². The monoisotopic (exact) mass is 180 g/mol. The fraction of sp³-hybridized carbons (Fsp3) is 0.667. The highest BCUT2D eigenvalue weighted by molar-refractivity contribution is 5.10. The Morgan fingerprint density at radius 2 is 2.31 bits per heavy atom. The number of aliphatic hydroxyl groups is 1. The molecule has 0 aromatic rings. The van der Waals surface area contributed by atoms with Gasteiger partial charge in [-0.05, 0) is 31.1 Å². The molecule has 74 valence electrons. The van der Waals surface area contributed by atoms with Crippen LogP contribution < -0.4 is 0 Å². The zero-order valence-corrected chi connectivity index (χ0v) is 8.88. The predicted molar refractivity (Wildman–Crippen MR) is 56.5 cm³/mol. The van der Waals surface area contributed by atoms with Gasteiger partial charge in [-0.15, -0.1) is 0 Å². The quantitative estimate of drug-likeness (QED) is 0.662. The molecule has 0 saturated heterocycles. The van der Waals surface area contributed by atoms with Gasteiger partial charge in [-0.2, -0.15) is 0 Å². The second-order valence-corrected chi connectivity index (χ2v) is 4.60. The van der Waals surface area contributed by atoms with Gasteiger partial charge >= 0.3 is 0 Å². The van der Waals surface area contributed by atoms with Crippen molar-refractivity contribution < 1.29 is 5.11 Å². The number of hydrogen-bond donors (Lipinski definition) is 1. The van der Waals surface area contributed by atoms with E-state index in [9.17, 15) is 0 Å². The predicted octanol–water partition coefficient (Wildman–Crippen LogP) is 2.92. The van der Waals surface area contributed by atoms with Crippen LogP contribution >= 0.6 is 0 Å². The lowest BCUT2D eigenvalue weighted by atomic mass is 9.80. The highest BCUT2D eigenvalue weighted by Crippen LogP contribution is 2.39. The van der Waals surface area contributed by atoms with E-state index in [4.69, 9.17) is 5.11 Å². The van der Waals surface area contributed by atoms with Crippen LogP contribution in [-0.2, 0) is 0 Å². The van der Waals surface area contributed by atoms with Crippen molar-refractivity contribution in [1.82, 2.24) is 0 Å². The summed E-state index contributed by atoms with van der Waals surface area (Å²) < 4.78 is 0. The number of allylic oxidation sites excluding steroid dienone is 3. The summed E-state index contributed by atoms with van der Waals surface area (Å²) in [6.07, 6.45) is 9.01. The minimum atomic E-state index is 0.195. The molecular formula is C12H20O. The first kappa shape index (κ1) is 10.5. The third-order valence-electron chi connectivity index (χ3n) is 3.02. The van der Waals surface area contributed by atoms with Crippen LogP contribution in [0.25, 0.3) is 0 Å². The maximum absolute atomic E-state index is 8.85. The highest BCUT2D eigenvalue weighted by Gasteiger charge is 2.28. The Kier molecular flexibility index (Phi) is 3.32. The molecule has 1 heteroatoms. The molecule has 0 radical (unpaired) electrons. The van der Waals surface area contributed by atoms with Crippen LogP contribution in [0.3, 0.4) is 0 Å². The van der Waals surface area contributed by atoms with Crippen LogP contribution in [-0.4, -0.2) is 11.7 Å². The molecule has 0 aliphatic heterocycles. The minimum absolute atomic E-state index is 0.195. The van der Waals surface area contributed by atoms with E-state index >= 15 is 0 Å². The summed E-state index contributed by atoms with van der Waals surface area (Å²) in [5.41, 5.74) is 1.43. The topological polar surface area (TPSA) is 20.2 Å². The Morgan fingerprint density at radius 1 is 1.62 bits per heavy atom. The second-order valence-electron chi connectivity index (χ2n) is 4.60. The molecule has 1 aliphatic carbocycles. The van der Waals surface area contributed by atoms with Crippen molar-refractivity contribution in [3.8, 4) is 0 Å². The van der Waals surface area contributed by atoms with Gasteiger partial charge in [-0.25, -0.2) is 0 Å². The van der Waals surface area contributed by atoms with Gasteiger partial charge in [0.05, 0.1) is 6.61 Å². The van der Waals surface area contributed by atoms with Crippen LogP contribution in [0.4, 0.5) is 0 Å². The first-order valence-corrected chi connectivity index (χ1v) is 5.00. The number of aliphatic hydroxyl groups excluding tert-OH is 1. The Bertz CT molecular complexity index is 223. The van der Waals surface area contributed by atoms with Gasteiger partial charge in [0.2, 0.25) is 0 Å². The zero-order chi connectivity index (χ0) is 9.90. The van der Waals surface area contributed by atoms with E-state index in [1.165, 1.54) is 6.42 Å². The third-order valence-corrected chi connectivity index (χ3v) is 3.02. The lowest BCUT2D eigenvalue weighted by molar-refractivity contribution is 0.306. The van der Waals surface area contributed by atoms with Crippen molar-refractivity contribution in [3.05, 3.63) is 23.8 Å². The molecule has 1 rings (SSSR count). The fourth-order valence-corrected chi connectivity index (χ4v) is 1.78. The van der Waals surface area contributed by atoms with Gasteiger partial charge in [0.1, 0.15) is 0 Å². The lowest BCUT2D eigenvalue weighted by Crippen LogP contribution is -2.16. The van der Waals surface area contributed by atoms with E-state index in [0.717, 1.165) is 12.0 Å². The van der Waals surface area contributed by atoms with Crippen LogP contribution in [0.1, 0.15) is 33.6 Å². The molecule has 0 fully saturated rings. The summed E-state index contributed by atoms with van der Waals surface area (Å²) >= 11 is 0. The van der Waals surface area contributed by atoms with E-state index in [2.05, 4.69) is 32.1 Å². The maximum atomic E-state index is 8.85. The van der Waals surface area contributed by atoms with Crippen molar-refractivity contribution in [2.75, 3.05) is 6.61 Å². The highest BCUT2D eigenvalue weighted by atomic mass is 16.3. The molecule has 0 spiro atoms. The van der Waals surface area contributed by atoms with Gasteiger partial charge < -0.3 is 5.11 Å². The molecule has 0 aromatic carbocycles. The molecule has 0 saturated carbocycles. The fourth-order valence-electron chi connectivity index (χ4n) is 1.78. The maximum Gasteiger partial charge on any atom is 0.0639 e. The first-order chi connectivity index (χ1) is 6.06. The molecule has 0 heterocycles. The minimum Gasteiger partial charge on any atom is -0.392 e. The summed E-state index contributed by atoms with van der Waals surface area (Å²) in [6, 6.07) is 0. The first-order valence-electron chi connectivity index (χ1n) is 5.00. The average molecular weight is 180 g/mol. The van der Waals surface area contributed by atoms with Crippen LogP contribution in [0.2, 0.25) is 0 Å². The number of hydrogen-bond acceptors (Lipinski definition) is 1. The van der Waals surface area contributed by atoms with Crippen molar-refractivity contribution in [3.63, 3.8) is 0 Å². The van der Waals surface area contributed by atoms with Crippen molar-refractivity contribution in [1.29, 1.82) is 0 Å². The number of rotatable bonds is 3. The summed E-state index contributed by atoms with van der Waals surface area (Å²) in [5, 5.41) is 8.85. The molecule has 1 nitrogen and oxygen atoms in total. The standard InChI is InChI=1S/C12H20O/c1-10(9-13)6-7-11-5-4-8-12(11,2)3/h4,6,8,11,13H,5,7,9H2,1-3H3/b10-6+/t11-/m1/s1. The molecule has 0 bridgehead atoms. The summed E-state index contributed by atoms with van der Waals surface area (Å²) in [6.45, 7) is 6.74. The lowest BCUT2D eigenvalue weighted by Gasteiger charge is -2.25. The Labute approximate surface area is 81.2 Å². The Morgan fingerprint density at radius 3 is 2.77 bits per heavy atom. The molecule has 0 unspecified atom stereocenters. The van der Waals surface area contributed by atoms with Gasteiger partial charge in [0.25, 0.3) is 0 Å². The van der Waals surface area contributed by atoms with E-state index in [0.29, 0.717) is 11.3 Å². The summed E-state index contributed by atoms with van der Waals surface area (Å²) in [5.74, 6) is 0.717. The van der Waals surface area contributed by atoms with Gasteiger partial charge in [0.15, 0.2) is 0 Å².